The molecular weight excluding hydrogens is 445 g/mol. The fraction of sp³-hybridized carbons (Fsp3) is 0.318. The third kappa shape index (κ3) is 7.79. The van der Waals surface area contributed by atoms with E-state index in [1.807, 2.05) is 0 Å². The molecule has 2 aromatic carbocycles. The van der Waals surface area contributed by atoms with Crippen molar-refractivity contribution in [3.05, 3.63) is 65.2 Å². The number of methoxy groups -OCH3 is 1. The smallest absolute Gasteiger partial charge is 0.416 e. The van der Waals surface area contributed by atoms with Crippen LogP contribution in [0.25, 0.3) is 0 Å². The van der Waals surface area contributed by atoms with Crippen LogP contribution < -0.4 is 4.74 Å². The van der Waals surface area contributed by atoms with Gasteiger partial charge in [-0.2, -0.15) is 13.2 Å². The van der Waals surface area contributed by atoms with Gasteiger partial charge in [0.25, 0.3) is 5.91 Å². The zero-order valence-corrected chi connectivity index (χ0v) is 17.7. The highest BCUT2D eigenvalue weighted by Gasteiger charge is 2.30. The van der Waals surface area contributed by atoms with E-state index >= 15 is 0 Å². The lowest BCUT2D eigenvalue weighted by Gasteiger charge is -2.34. The summed E-state index contributed by atoms with van der Waals surface area (Å²) in [6.45, 7) is 3.08. The first-order valence-electron chi connectivity index (χ1n) is 9.79. The zero-order valence-electron chi connectivity index (χ0n) is 17.7. The first-order chi connectivity index (χ1) is 15.5. The van der Waals surface area contributed by atoms with E-state index in [1.54, 1.807) is 36.3 Å². The number of ether oxygens (including phenoxy) is 1. The number of rotatable bonds is 4. The molecule has 8 nitrogen and oxygen atoms in total. The number of piperazine rings is 1. The maximum absolute atomic E-state index is 12.6. The molecule has 0 radical (unpaired) electrons. The Morgan fingerprint density at radius 3 is 2.00 bits per heavy atom. The van der Waals surface area contributed by atoms with Crippen molar-refractivity contribution in [2.75, 3.05) is 33.3 Å². The van der Waals surface area contributed by atoms with Gasteiger partial charge in [-0.15, -0.1) is 0 Å². The third-order valence-corrected chi connectivity index (χ3v) is 4.85. The number of carbonyl (C=O) groups is 3. The number of aliphatic carboxylic acids is 2. The predicted octanol–water partition coefficient (Wildman–Crippen LogP) is 2.83. The Labute approximate surface area is 187 Å². The van der Waals surface area contributed by atoms with Crippen LogP contribution in [0, 0.1) is 0 Å². The molecule has 0 bridgehead atoms. The van der Waals surface area contributed by atoms with Crippen molar-refractivity contribution in [3.63, 3.8) is 0 Å². The van der Waals surface area contributed by atoms with Gasteiger partial charge in [-0.3, -0.25) is 9.69 Å². The molecule has 0 spiro atoms. The molecule has 33 heavy (non-hydrogen) atoms. The molecule has 1 saturated heterocycles. The van der Waals surface area contributed by atoms with E-state index in [4.69, 9.17) is 24.5 Å². The summed E-state index contributed by atoms with van der Waals surface area (Å²) in [5.74, 6) is -3.05. The van der Waals surface area contributed by atoms with Gasteiger partial charge in [0.15, 0.2) is 0 Å². The molecule has 2 aromatic rings. The number of amides is 1. The normalized spacial score (nSPS) is 14.1. The van der Waals surface area contributed by atoms with Crippen LogP contribution >= 0.6 is 0 Å². The maximum Gasteiger partial charge on any atom is 0.416 e. The fourth-order valence-corrected chi connectivity index (χ4v) is 3.11. The van der Waals surface area contributed by atoms with Crippen LogP contribution in [0.3, 0.4) is 0 Å². The zero-order chi connectivity index (χ0) is 24.6. The molecule has 1 aliphatic rings. The van der Waals surface area contributed by atoms with Gasteiger partial charge in [0.1, 0.15) is 5.75 Å². The molecule has 0 unspecified atom stereocenters. The van der Waals surface area contributed by atoms with Crippen molar-refractivity contribution in [1.82, 2.24) is 9.80 Å². The second kappa shape index (κ2) is 11.3. The van der Waals surface area contributed by atoms with Crippen LogP contribution in [0.2, 0.25) is 0 Å². The van der Waals surface area contributed by atoms with E-state index < -0.39 is 23.7 Å². The Bertz CT molecular complexity index is 959. The number of carboxylic acids is 2. The van der Waals surface area contributed by atoms with E-state index in [9.17, 15) is 18.0 Å². The molecule has 2 N–H and O–H groups in total. The van der Waals surface area contributed by atoms with E-state index in [1.165, 1.54) is 12.1 Å². The van der Waals surface area contributed by atoms with Crippen LogP contribution in [0.5, 0.6) is 5.75 Å². The van der Waals surface area contributed by atoms with E-state index in [0.717, 1.165) is 17.7 Å². The van der Waals surface area contributed by atoms with Crippen molar-refractivity contribution in [2.24, 2.45) is 0 Å². The number of carbonyl (C=O) groups excluding carboxylic acids is 1. The van der Waals surface area contributed by atoms with Crippen molar-refractivity contribution in [1.29, 1.82) is 0 Å². The topological polar surface area (TPSA) is 107 Å². The van der Waals surface area contributed by atoms with Crippen molar-refractivity contribution in [3.8, 4) is 5.75 Å². The van der Waals surface area contributed by atoms with Gasteiger partial charge >= 0.3 is 18.1 Å². The SMILES string of the molecule is COc1cccc(C(=O)N2CCN(Cc3ccc(C(F)(F)F)cc3)CC2)c1.O=C(O)C(=O)O. The Morgan fingerprint density at radius 2 is 1.52 bits per heavy atom. The molecule has 0 aromatic heterocycles. The van der Waals surface area contributed by atoms with Crippen LogP contribution in [-0.4, -0.2) is 71.1 Å². The molecule has 0 aliphatic carbocycles. The fourth-order valence-electron chi connectivity index (χ4n) is 3.11. The number of hydrogen-bond acceptors (Lipinski definition) is 5. The molecule has 178 valence electrons. The Kier molecular flexibility index (Phi) is 8.80. The van der Waals surface area contributed by atoms with Crippen molar-refractivity contribution in [2.45, 2.75) is 12.7 Å². The number of carboxylic acid groups (broad SMARTS) is 2. The van der Waals surface area contributed by atoms with Gasteiger partial charge in [-0.1, -0.05) is 18.2 Å². The highest BCUT2D eigenvalue weighted by atomic mass is 19.4. The monoisotopic (exact) mass is 468 g/mol. The second-order valence-corrected chi connectivity index (χ2v) is 7.11. The van der Waals surface area contributed by atoms with Gasteiger partial charge in [0.2, 0.25) is 0 Å². The highest BCUT2D eigenvalue weighted by molar-refractivity contribution is 6.27. The molecule has 0 atom stereocenters. The number of benzene rings is 2. The van der Waals surface area contributed by atoms with Crippen LogP contribution in [0.4, 0.5) is 13.2 Å². The summed E-state index contributed by atoms with van der Waals surface area (Å²) in [6.07, 6.45) is -4.31. The Morgan fingerprint density at radius 1 is 0.939 bits per heavy atom. The number of hydrogen-bond donors (Lipinski definition) is 2. The first kappa shape index (κ1) is 25.7. The summed E-state index contributed by atoms with van der Waals surface area (Å²) < 4.78 is 43.0. The third-order valence-electron chi connectivity index (χ3n) is 4.85. The van der Waals surface area contributed by atoms with Gasteiger partial charge in [-0.05, 0) is 35.9 Å². The summed E-state index contributed by atoms with van der Waals surface area (Å²) in [7, 11) is 1.56. The molecule has 3 rings (SSSR count). The predicted molar refractivity (Wildman–Crippen MR) is 111 cm³/mol. The van der Waals surface area contributed by atoms with Crippen molar-refractivity contribution >= 4 is 17.8 Å². The molecule has 0 saturated carbocycles. The van der Waals surface area contributed by atoms with Gasteiger partial charge in [-0.25, -0.2) is 9.59 Å². The number of halogens is 3. The van der Waals surface area contributed by atoms with Gasteiger partial charge < -0.3 is 19.8 Å². The standard InChI is InChI=1S/C20H21F3N2O2.C2H2O4/c1-27-18-4-2-3-16(13-18)19(26)25-11-9-24(10-12-25)14-15-5-7-17(8-6-15)20(21,22)23;3-1(4)2(5)6/h2-8,13H,9-12,14H2,1H3;(H,3,4)(H,5,6). The minimum absolute atomic E-state index is 0.0388. The summed E-state index contributed by atoms with van der Waals surface area (Å²) in [5.41, 5.74) is 0.779. The van der Waals surface area contributed by atoms with E-state index in [2.05, 4.69) is 4.90 Å². The van der Waals surface area contributed by atoms with Crippen molar-refractivity contribution < 1.29 is 42.5 Å². The van der Waals surface area contributed by atoms with Gasteiger partial charge in [0.05, 0.1) is 12.7 Å². The minimum atomic E-state index is -4.31. The minimum Gasteiger partial charge on any atom is -0.497 e. The quantitative estimate of drug-likeness (QED) is 0.665. The van der Waals surface area contributed by atoms with Crippen LogP contribution in [0.1, 0.15) is 21.5 Å². The van der Waals surface area contributed by atoms with Crippen LogP contribution in [0.15, 0.2) is 48.5 Å². The summed E-state index contributed by atoms with van der Waals surface area (Å²) in [6, 6.07) is 12.3. The summed E-state index contributed by atoms with van der Waals surface area (Å²) >= 11 is 0. The summed E-state index contributed by atoms with van der Waals surface area (Å²) in [4.78, 5) is 34.7. The number of nitrogens with zero attached hydrogens (tertiary/aromatic N) is 2. The lowest BCUT2D eigenvalue weighted by molar-refractivity contribution is -0.159. The molecule has 1 fully saturated rings. The Hall–Kier alpha value is -3.60. The highest BCUT2D eigenvalue weighted by Crippen LogP contribution is 2.29. The van der Waals surface area contributed by atoms with E-state index in [0.29, 0.717) is 44.0 Å². The first-order valence-corrected chi connectivity index (χ1v) is 9.79. The molecule has 1 heterocycles. The average molecular weight is 468 g/mol. The van der Waals surface area contributed by atoms with E-state index in [-0.39, 0.29) is 5.91 Å². The largest absolute Gasteiger partial charge is 0.497 e. The van der Waals surface area contributed by atoms with Gasteiger partial charge in [0, 0.05) is 38.3 Å². The maximum atomic E-state index is 12.6. The molecular formula is C22H23F3N2O6. The number of alkyl halides is 3. The molecule has 11 heteroatoms. The summed E-state index contributed by atoms with van der Waals surface area (Å²) in [5, 5.41) is 14.8. The average Bonchev–Trinajstić information content (AvgIpc) is 2.79. The van der Waals surface area contributed by atoms with Crippen LogP contribution in [-0.2, 0) is 22.3 Å². The Balaban J connectivity index is 0.000000569. The molecule has 1 amide bonds. The molecule has 1 aliphatic heterocycles. The lowest BCUT2D eigenvalue weighted by Crippen LogP contribution is -2.48. The lowest BCUT2D eigenvalue weighted by atomic mass is 10.1. The second-order valence-electron chi connectivity index (χ2n) is 7.11.